The number of carbonyl (C=O) groups excluding carboxylic acids is 2. The fourth-order valence-corrected chi connectivity index (χ4v) is 1.20. The zero-order chi connectivity index (χ0) is 10.2. The summed E-state index contributed by atoms with van der Waals surface area (Å²) in [4.78, 5) is 23.1. The monoisotopic (exact) mass is 188 g/mol. The van der Waals surface area contributed by atoms with Crippen molar-refractivity contribution in [2.24, 2.45) is 11.7 Å². The van der Waals surface area contributed by atoms with E-state index >= 15 is 0 Å². The Labute approximate surface area is 75.9 Å². The zero-order valence-electron chi connectivity index (χ0n) is 7.71. The third-order valence-corrected chi connectivity index (χ3v) is 2.08. The molecule has 1 saturated heterocycles. The summed E-state index contributed by atoms with van der Waals surface area (Å²) in [6, 6.07) is 0. The number of hydrogen-bond acceptors (Lipinski definition) is 2. The minimum atomic E-state index is -1.86. The van der Waals surface area contributed by atoms with E-state index in [4.69, 9.17) is 5.73 Å². The van der Waals surface area contributed by atoms with Crippen LogP contribution in [-0.2, 0) is 9.59 Å². The van der Waals surface area contributed by atoms with E-state index in [-0.39, 0.29) is 19.0 Å². The molecule has 1 fully saturated rings. The van der Waals surface area contributed by atoms with Gasteiger partial charge in [-0.25, -0.2) is 4.39 Å². The highest BCUT2D eigenvalue weighted by atomic mass is 19.1. The fraction of sp³-hybridized carbons (Fsp3) is 0.750. The van der Waals surface area contributed by atoms with Gasteiger partial charge in [0.25, 0.3) is 5.91 Å². The van der Waals surface area contributed by atoms with Crippen molar-refractivity contribution in [2.75, 3.05) is 13.1 Å². The molecule has 0 aromatic rings. The Balaban J connectivity index is 2.44. The van der Waals surface area contributed by atoms with Crippen molar-refractivity contribution in [3.8, 4) is 0 Å². The average Bonchev–Trinajstić information content (AvgIpc) is 1.80. The molecule has 1 rings (SSSR count). The normalized spacial score (nSPS) is 18.2. The molecular formula is C8H13FN2O2. The molecule has 0 aliphatic carbocycles. The number of halogens is 1. The van der Waals surface area contributed by atoms with Gasteiger partial charge in [-0.05, 0) is 13.8 Å². The number of alkyl halides is 1. The minimum absolute atomic E-state index is 0.252. The standard InChI is InChI=1S/C8H13FN2O2/c1-8(2,9)7(13)11-3-5(4-11)6(10)12/h5H,3-4H2,1-2H3,(H2,10,12). The molecule has 0 radical (unpaired) electrons. The Morgan fingerprint density at radius 2 is 1.92 bits per heavy atom. The van der Waals surface area contributed by atoms with Gasteiger partial charge in [0.05, 0.1) is 5.92 Å². The Bertz CT molecular complexity index is 241. The lowest BCUT2D eigenvalue weighted by molar-refractivity contribution is -0.151. The van der Waals surface area contributed by atoms with E-state index in [1.54, 1.807) is 0 Å². The predicted octanol–water partition coefficient (Wildman–Crippen LogP) is -0.322. The minimum Gasteiger partial charge on any atom is -0.369 e. The van der Waals surface area contributed by atoms with Crippen LogP contribution in [0.1, 0.15) is 13.8 Å². The van der Waals surface area contributed by atoms with Gasteiger partial charge in [0.15, 0.2) is 5.67 Å². The molecule has 0 bridgehead atoms. The van der Waals surface area contributed by atoms with Crippen molar-refractivity contribution in [3.05, 3.63) is 0 Å². The SMILES string of the molecule is CC(C)(F)C(=O)N1CC(C(N)=O)C1. The van der Waals surface area contributed by atoms with Crippen LogP contribution in [0.5, 0.6) is 0 Å². The third kappa shape index (κ3) is 1.96. The van der Waals surface area contributed by atoms with Crippen molar-refractivity contribution < 1.29 is 14.0 Å². The summed E-state index contributed by atoms with van der Waals surface area (Å²) in [5, 5.41) is 0. The van der Waals surface area contributed by atoms with Crippen molar-refractivity contribution in [1.82, 2.24) is 4.90 Å². The second-order valence-electron chi connectivity index (χ2n) is 3.78. The van der Waals surface area contributed by atoms with E-state index in [0.717, 1.165) is 0 Å². The summed E-state index contributed by atoms with van der Waals surface area (Å²) in [7, 11) is 0. The number of carbonyl (C=O) groups is 2. The van der Waals surface area contributed by atoms with Crippen LogP contribution in [0.25, 0.3) is 0 Å². The van der Waals surface area contributed by atoms with Gasteiger partial charge in [-0.1, -0.05) is 0 Å². The van der Waals surface area contributed by atoms with Gasteiger partial charge in [-0.15, -0.1) is 0 Å². The quantitative estimate of drug-likeness (QED) is 0.645. The first kappa shape index (κ1) is 9.95. The van der Waals surface area contributed by atoms with E-state index in [0.29, 0.717) is 0 Å². The number of hydrogen-bond donors (Lipinski definition) is 1. The average molecular weight is 188 g/mol. The molecule has 0 unspecified atom stereocenters. The van der Waals surface area contributed by atoms with Crippen LogP contribution in [0.4, 0.5) is 4.39 Å². The van der Waals surface area contributed by atoms with Crippen LogP contribution in [0, 0.1) is 5.92 Å². The second kappa shape index (κ2) is 2.97. The molecule has 1 aliphatic rings. The van der Waals surface area contributed by atoms with Crippen LogP contribution in [0.3, 0.4) is 0 Å². The van der Waals surface area contributed by atoms with E-state index in [1.807, 2.05) is 0 Å². The van der Waals surface area contributed by atoms with Gasteiger partial charge in [-0.3, -0.25) is 9.59 Å². The van der Waals surface area contributed by atoms with E-state index in [1.165, 1.54) is 18.7 Å². The maximum Gasteiger partial charge on any atom is 0.259 e. The van der Waals surface area contributed by atoms with E-state index in [2.05, 4.69) is 0 Å². The lowest BCUT2D eigenvalue weighted by Crippen LogP contribution is -2.58. The van der Waals surface area contributed by atoms with Crippen LogP contribution in [0.2, 0.25) is 0 Å². The molecule has 2 amide bonds. The van der Waals surface area contributed by atoms with Crippen LogP contribution in [-0.4, -0.2) is 35.5 Å². The smallest absolute Gasteiger partial charge is 0.259 e. The Kier molecular flexibility index (Phi) is 2.28. The Hall–Kier alpha value is -1.13. The molecule has 74 valence electrons. The van der Waals surface area contributed by atoms with Crippen LogP contribution >= 0.6 is 0 Å². The van der Waals surface area contributed by atoms with E-state index < -0.39 is 17.5 Å². The molecule has 0 atom stereocenters. The molecular weight excluding hydrogens is 175 g/mol. The highest BCUT2D eigenvalue weighted by Crippen LogP contribution is 2.21. The van der Waals surface area contributed by atoms with Crippen molar-refractivity contribution in [1.29, 1.82) is 0 Å². The summed E-state index contributed by atoms with van der Waals surface area (Å²) in [5.74, 6) is -1.31. The summed E-state index contributed by atoms with van der Waals surface area (Å²) in [6.07, 6.45) is 0. The number of nitrogens with two attached hydrogens (primary N) is 1. The zero-order valence-corrected chi connectivity index (χ0v) is 7.71. The Morgan fingerprint density at radius 3 is 2.23 bits per heavy atom. The number of primary amides is 1. The molecule has 13 heavy (non-hydrogen) atoms. The fourth-order valence-electron chi connectivity index (χ4n) is 1.20. The maximum atomic E-state index is 13.1. The number of amides is 2. The lowest BCUT2D eigenvalue weighted by atomic mass is 9.97. The summed E-state index contributed by atoms with van der Waals surface area (Å²) in [5.41, 5.74) is 3.14. The predicted molar refractivity (Wildman–Crippen MR) is 44.5 cm³/mol. The number of likely N-dealkylation sites (tertiary alicyclic amines) is 1. The summed E-state index contributed by atoms with van der Waals surface area (Å²) in [6.45, 7) is 2.91. The van der Waals surface area contributed by atoms with Gasteiger partial charge in [0.1, 0.15) is 0 Å². The third-order valence-electron chi connectivity index (χ3n) is 2.08. The largest absolute Gasteiger partial charge is 0.369 e. The molecule has 2 N–H and O–H groups in total. The molecule has 0 saturated carbocycles. The van der Waals surface area contributed by atoms with Gasteiger partial charge in [-0.2, -0.15) is 0 Å². The van der Waals surface area contributed by atoms with Gasteiger partial charge in [0, 0.05) is 13.1 Å². The number of nitrogens with zero attached hydrogens (tertiary/aromatic N) is 1. The van der Waals surface area contributed by atoms with Crippen LogP contribution in [0.15, 0.2) is 0 Å². The lowest BCUT2D eigenvalue weighted by Gasteiger charge is -2.39. The van der Waals surface area contributed by atoms with Crippen molar-refractivity contribution in [2.45, 2.75) is 19.5 Å². The second-order valence-corrected chi connectivity index (χ2v) is 3.78. The molecule has 4 nitrogen and oxygen atoms in total. The topological polar surface area (TPSA) is 63.4 Å². The molecule has 5 heteroatoms. The van der Waals surface area contributed by atoms with Crippen molar-refractivity contribution in [3.63, 3.8) is 0 Å². The van der Waals surface area contributed by atoms with Gasteiger partial charge < -0.3 is 10.6 Å². The molecule has 0 spiro atoms. The first-order valence-electron chi connectivity index (χ1n) is 4.10. The van der Waals surface area contributed by atoms with E-state index in [9.17, 15) is 14.0 Å². The van der Waals surface area contributed by atoms with Gasteiger partial charge in [0.2, 0.25) is 5.91 Å². The van der Waals surface area contributed by atoms with Crippen LogP contribution < -0.4 is 5.73 Å². The molecule has 1 aliphatic heterocycles. The van der Waals surface area contributed by atoms with Gasteiger partial charge >= 0.3 is 0 Å². The summed E-state index contributed by atoms with van der Waals surface area (Å²) >= 11 is 0. The molecule has 0 aromatic carbocycles. The Morgan fingerprint density at radius 1 is 1.46 bits per heavy atom. The highest BCUT2D eigenvalue weighted by molar-refractivity contribution is 5.87. The molecule has 0 aromatic heterocycles. The molecule has 1 heterocycles. The first-order valence-corrected chi connectivity index (χ1v) is 4.10. The van der Waals surface area contributed by atoms with Crippen molar-refractivity contribution >= 4 is 11.8 Å². The summed E-state index contributed by atoms with van der Waals surface area (Å²) < 4.78 is 13.1. The highest BCUT2D eigenvalue weighted by Gasteiger charge is 2.40. The maximum absolute atomic E-state index is 13.1. The number of rotatable bonds is 2. The first-order chi connectivity index (χ1) is 5.82.